The number of carbonyl (C=O) groups excluding carboxylic acids is 2. The van der Waals surface area contributed by atoms with Gasteiger partial charge in [-0.2, -0.15) is 0 Å². The molecule has 0 heterocycles. The van der Waals surface area contributed by atoms with Crippen molar-refractivity contribution in [2.45, 2.75) is 45.1 Å². The summed E-state index contributed by atoms with van der Waals surface area (Å²) in [6.45, 7) is 1.13. The molecule has 24 heavy (non-hydrogen) atoms. The second kappa shape index (κ2) is 8.83. The number of rotatable bonds is 7. The molecule has 0 atom stereocenters. The van der Waals surface area contributed by atoms with Crippen molar-refractivity contribution in [3.8, 4) is 0 Å². The van der Waals surface area contributed by atoms with Crippen LogP contribution in [-0.2, 0) is 16.1 Å². The topological polar surface area (TPSA) is 75.4 Å². The predicted molar refractivity (Wildman–Crippen MR) is 95.1 cm³/mol. The van der Waals surface area contributed by atoms with Crippen molar-refractivity contribution in [3.05, 3.63) is 35.9 Å². The molecule has 1 aromatic rings. The molecule has 0 aliphatic heterocycles. The molecule has 132 valence electrons. The van der Waals surface area contributed by atoms with Crippen molar-refractivity contribution in [1.29, 1.82) is 0 Å². The van der Waals surface area contributed by atoms with Crippen LogP contribution < -0.4 is 11.1 Å². The largest absolute Gasteiger partial charge is 0.347 e. The van der Waals surface area contributed by atoms with Crippen LogP contribution in [0.3, 0.4) is 0 Å². The Labute approximate surface area is 144 Å². The molecule has 5 nitrogen and oxygen atoms in total. The van der Waals surface area contributed by atoms with E-state index in [1.165, 1.54) is 6.42 Å². The van der Waals surface area contributed by atoms with Crippen LogP contribution in [0.2, 0.25) is 0 Å². The van der Waals surface area contributed by atoms with Crippen molar-refractivity contribution in [2.24, 2.45) is 11.1 Å². The lowest BCUT2D eigenvalue weighted by Gasteiger charge is -2.35. The number of hydrogen-bond acceptors (Lipinski definition) is 3. The van der Waals surface area contributed by atoms with Gasteiger partial charge in [0.05, 0.1) is 6.54 Å². The summed E-state index contributed by atoms with van der Waals surface area (Å²) in [7, 11) is 1.75. The Kier molecular flexibility index (Phi) is 6.79. The molecule has 1 aromatic carbocycles. The molecule has 0 spiro atoms. The molecular weight excluding hydrogens is 302 g/mol. The van der Waals surface area contributed by atoms with Gasteiger partial charge >= 0.3 is 0 Å². The van der Waals surface area contributed by atoms with E-state index in [0.29, 0.717) is 19.5 Å². The molecule has 0 radical (unpaired) electrons. The van der Waals surface area contributed by atoms with Gasteiger partial charge in [-0.15, -0.1) is 0 Å². The zero-order valence-corrected chi connectivity index (χ0v) is 14.6. The molecule has 0 saturated heterocycles. The van der Waals surface area contributed by atoms with Gasteiger partial charge in [0, 0.05) is 20.0 Å². The number of nitrogens with zero attached hydrogens (tertiary/aromatic N) is 1. The van der Waals surface area contributed by atoms with E-state index in [4.69, 9.17) is 5.73 Å². The number of hydrogen-bond donors (Lipinski definition) is 2. The summed E-state index contributed by atoms with van der Waals surface area (Å²) in [5.41, 5.74) is 6.93. The summed E-state index contributed by atoms with van der Waals surface area (Å²) >= 11 is 0. The van der Waals surface area contributed by atoms with Crippen molar-refractivity contribution in [2.75, 3.05) is 20.1 Å². The summed E-state index contributed by atoms with van der Waals surface area (Å²) in [5, 5.41) is 2.77. The summed E-state index contributed by atoms with van der Waals surface area (Å²) in [4.78, 5) is 26.0. The summed E-state index contributed by atoms with van der Waals surface area (Å²) in [6.07, 6.45) is 5.97. The van der Waals surface area contributed by atoms with Crippen LogP contribution in [-0.4, -0.2) is 36.9 Å². The van der Waals surface area contributed by atoms with Crippen molar-refractivity contribution in [3.63, 3.8) is 0 Å². The molecule has 0 unspecified atom stereocenters. The minimum Gasteiger partial charge on any atom is -0.347 e. The molecule has 1 saturated carbocycles. The number of amides is 2. The molecule has 0 bridgehead atoms. The highest BCUT2D eigenvalue weighted by atomic mass is 16.2. The van der Waals surface area contributed by atoms with E-state index < -0.39 is 0 Å². The zero-order valence-electron chi connectivity index (χ0n) is 14.6. The van der Waals surface area contributed by atoms with Crippen LogP contribution in [0.5, 0.6) is 0 Å². The number of carbonyl (C=O) groups is 2. The minimum atomic E-state index is -0.0855. The standard InChI is InChI=1S/C19H29N3O2/c1-22(14-16-8-4-2-5-9-16)18(24)13-21-17(23)12-19(15-20)10-6-3-7-11-19/h2,4-5,8-9H,3,6-7,10-15,20H2,1H3,(H,21,23). The highest BCUT2D eigenvalue weighted by Crippen LogP contribution is 2.38. The van der Waals surface area contributed by atoms with Crippen LogP contribution in [0.25, 0.3) is 0 Å². The van der Waals surface area contributed by atoms with E-state index in [-0.39, 0.29) is 23.8 Å². The Hall–Kier alpha value is -1.88. The van der Waals surface area contributed by atoms with E-state index in [1.54, 1.807) is 11.9 Å². The van der Waals surface area contributed by atoms with Gasteiger partial charge in [-0.1, -0.05) is 49.6 Å². The van der Waals surface area contributed by atoms with Crippen molar-refractivity contribution >= 4 is 11.8 Å². The van der Waals surface area contributed by atoms with Crippen LogP contribution in [0.15, 0.2) is 30.3 Å². The second-order valence-corrected chi connectivity index (χ2v) is 6.95. The second-order valence-electron chi connectivity index (χ2n) is 6.95. The first-order valence-corrected chi connectivity index (χ1v) is 8.79. The van der Waals surface area contributed by atoms with Gasteiger partial charge in [-0.05, 0) is 30.4 Å². The maximum atomic E-state index is 12.2. The van der Waals surface area contributed by atoms with Crippen molar-refractivity contribution < 1.29 is 9.59 Å². The molecule has 1 aliphatic rings. The number of nitrogens with one attached hydrogen (secondary N) is 1. The normalized spacial score (nSPS) is 16.4. The Bertz CT molecular complexity index is 539. The SMILES string of the molecule is CN(Cc1ccccc1)C(=O)CNC(=O)CC1(CN)CCCCC1. The first kappa shape index (κ1) is 18.5. The molecule has 2 amide bonds. The fraction of sp³-hybridized carbons (Fsp3) is 0.579. The highest BCUT2D eigenvalue weighted by Gasteiger charge is 2.33. The molecule has 2 rings (SSSR count). The van der Waals surface area contributed by atoms with Gasteiger partial charge < -0.3 is 16.0 Å². The van der Waals surface area contributed by atoms with E-state index in [0.717, 1.165) is 31.2 Å². The first-order valence-electron chi connectivity index (χ1n) is 8.79. The number of likely N-dealkylation sites (N-methyl/N-ethyl adjacent to an activating group) is 1. The Balaban J connectivity index is 1.77. The van der Waals surface area contributed by atoms with Gasteiger partial charge in [0.15, 0.2) is 0 Å². The monoisotopic (exact) mass is 331 g/mol. The summed E-state index contributed by atoms with van der Waals surface area (Å²) in [5.74, 6) is -0.151. The lowest BCUT2D eigenvalue weighted by molar-refractivity contribution is -0.133. The maximum absolute atomic E-state index is 12.2. The number of benzene rings is 1. The quantitative estimate of drug-likeness (QED) is 0.803. The molecule has 1 fully saturated rings. The minimum absolute atomic E-state index is 0.0445. The van der Waals surface area contributed by atoms with Crippen LogP contribution >= 0.6 is 0 Å². The molecular formula is C19H29N3O2. The third kappa shape index (κ3) is 5.34. The predicted octanol–water partition coefficient (Wildman–Crippen LogP) is 2.06. The van der Waals surface area contributed by atoms with E-state index in [9.17, 15) is 9.59 Å². The van der Waals surface area contributed by atoms with Crippen LogP contribution in [0.4, 0.5) is 0 Å². The van der Waals surface area contributed by atoms with Crippen LogP contribution in [0, 0.1) is 5.41 Å². The van der Waals surface area contributed by atoms with Gasteiger partial charge in [0.25, 0.3) is 0 Å². The van der Waals surface area contributed by atoms with Gasteiger partial charge in [-0.25, -0.2) is 0 Å². The summed E-state index contributed by atoms with van der Waals surface area (Å²) < 4.78 is 0. The van der Waals surface area contributed by atoms with Crippen molar-refractivity contribution in [1.82, 2.24) is 10.2 Å². The fourth-order valence-corrected chi connectivity index (χ4v) is 3.41. The first-order chi connectivity index (χ1) is 11.5. The third-order valence-corrected chi connectivity index (χ3v) is 5.01. The van der Waals surface area contributed by atoms with Gasteiger partial charge in [-0.3, -0.25) is 9.59 Å². The van der Waals surface area contributed by atoms with E-state index in [1.807, 2.05) is 30.3 Å². The lowest BCUT2D eigenvalue weighted by atomic mass is 9.71. The molecule has 5 heteroatoms. The fourth-order valence-electron chi connectivity index (χ4n) is 3.41. The average molecular weight is 331 g/mol. The Morgan fingerprint density at radius 2 is 1.83 bits per heavy atom. The Morgan fingerprint density at radius 1 is 1.17 bits per heavy atom. The van der Waals surface area contributed by atoms with Gasteiger partial charge in [0.2, 0.25) is 11.8 Å². The average Bonchev–Trinajstić information content (AvgIpc) is 2.61. The Morgan fingerprint density at radius 3 is 2.46 bits per heavy atom. The highest BCUT2D eigenvalue weighted by molar-refractivity contribution is 5.84. The lowest BCUT2D eigenvalue weighted by Crippen LogP contribution is -2.42. The van der Waals surface area contributed by atoms with Crippen LogP contribution in [0.1, 0.15) is 44.1 Å². The van der Waals surface area contributed by atoms with Gasteiger partial charge in [0.1, 0.15) is 0 Å². The summed E-state index contributed by atoms with van der Waals surface area (Å²) in [6, 6.07) is 9.81. The van der Waals surface area contributed by atoms with E-state index in [2.05, 4.69) is 5.32 Å². The third-order valence-electron chi connectivity index (χ3n) is 5.01. The molecule has 1 aliphatic carbocycles. The smallest absolute Gasteiger partial charge is 0.242 e. The number of nitrogens with two attached hydrogens (primary N) is 1. The molecule has 0 aromatic heterocycles. The zero-order chi connectivity index (χ0) is 17.4. The van der Waals surface area contributed by atoms with E-state index >= 15 is 0 Å². The molecule has 3 N–H and O–H groups in total. The maximum Gasteiger partial charge on any atom is 0.242 e.